The lowest BCUT2D eigenvalue weighted by Gasteiger charge is -2.35. The Morgan fingerprint density at radius 1 is 1.18 bits per heavy atom. The molecule has 7 heteroatoms. The van der Waals surface area contributed by atoms with Gasteiger partial charge >= 0.3 is 5.97 Å². The first-order chi connectivity index (χ1) is 15.9. The van der Waals surface area contributed by atoms with Crippen molar-refractivity contribution in [2.24, 2.45) is 0 Å². The number of allylic oxidation sites excluding steroid dienone is 1. The number of hydrogen-bond donors (Lipinski definition) is 0. The van der Waals surface area contributed by atoms with Crippen molar-refractivity contribution in [3.63, 3.8) is 0 Å². The first kappa shape index (κ1) is 25.1. The Hall–Kier alpha value is -3.48. The van der Waals surface area contributed by atoms with Crippen LogP contribution in [0.3, 0.4) is 0 Å². The number of carbonyl (C=O) groups excluding carboxylic acids is 2. The number of nitro benzene ring substituents is 1. The van der Waals surface area contributed by atoms with Crippen molar-refractivity contribution < 1.29 is 19.2 Å². The zero-order valence-corrected chi connectivity index (χ0v) is 20.6. The van der Waals surface area contributed by atoms with Gasteiger partial charge in [-0.05, 0) is 42.9 Å². The molecule has 2 aromatic carbocycles. The highest BCUT2D eigenvalue weighted by atomic mass is 16.6. The zero-order valence-electron chi connectivity index (χ0n) is 20.6. The van der Waals surface area contributed by atoms with E-state index in [1.807, 2.05) is 24.3 Å². The third kappa shape index (κ3) is 5.53. The zero-order chi connectivity index (χ0) is 25.2. The van der Waals surface area contributed by atoms with Crippen molar-refractivity contribution in [3.8, 4) is 0 Å². The SMILES string of the molecule is CC1=C(C(=O)OC(C)C)C(c2ccc(C(C)(C)C)cc2)CC(=O)N1Cc1cccc([N+](=O)[O-])c1. The highest BCUT2D eigenvalue weighted by Gasteiger charge is 2.37. The minimum Gasteiger partial charge on any atom is -0.460 e. The molecular weight excluding hydrogens is 432 g/mol. The minimum absolute atomic E-state index is 0.0127. The Balaban J connectivity index is 2.03. The van der Waals surface area contributed by atoms with Crippen LogP contribution in [0, 0.1) is 10.1 Å². The predicted molar refractivity (Wildman–Crippen MR) is 130 cm³/mol. The maximum absolute atomic E-state index is 13.2. The second kappa shape index (κ2) is 9.79. The van der Waals surface area contributed by atoms with Gasteiger partial charge in [-0.1, -0.05) is 57.2 Å². The van der Waals surface area contributed by atoms with Crippen LogP contribution in [0.5, 0.6) is 0 Å². The number of carbonyl (C=O) groups is 2. The molecule has 1 heterocycles. The number of nitro groups is 1. The first-order valence-corrected chi connectivity index (χ1v) is 11.4. The standard InChI is InChI=1S/C27H32N2O5/c1-17(2)34-26(31)25-18(3)28(16-19-8-7-9-22(14-19)29(32)33)24(30)15-23(25)20-10-12-21(13-11-20)27(4,5)6/h7-14,17,23H,15-16H2,1-6H3. The van der Waals surface area contributed by atoms with E-state index in [-0.39, 0.29) is 36.1 Å². The van der Waals surface area contributed by atoms with Crippen LogP contribution >= 0.6 is 0 Å². The van der Waals surface area contributed by atoms with Gasteiger partial charge in [-0.15, -0.1) is 0 Å². The molecule has 1 aliphatic rings. The number of amides is 1. The number of esters is 1. The third-order valence-corrected chi connectivity index (χ3v) is 6.03. The van der Waals surface area contributed by atoms with E-state index in [0.29, 0.717) is 16.8 Å². The summed E-state index contributed by atoms with van der Waals surface area (Å²) in [7, 11) is 0. The van der Waals surface area contributed by atoms with Gasteiger partial charge < -0.3 is 9.64 Å². The Morgan fingerprint density at radius 2 is 1.82 bits per heavy atom. The predicted octanol–water partition coefficient (Wildman–Crippen LogP) is 5.63. The molecule has 0 saturated carbocycles. The second-order valence-corrected chi connectivity index (χ2v) is 9.99. The van der Waals surface area contributed by atoms with E-state index in [4.69, 9.17) is 4.74 Å². The molecule has 0 spiro atoms. The van der Waals surface area contributed by atoms with Crippen molar-refractivity contribution in [2.75, 3.05) is 0 Å². The molecule has 0 saturated heterocycles. The fourth-order valence-corrected chi connectivity index (χ4v) is 4.20. The molecule has 1 atom stereocenters. The Kier molecular flexibility index (Phi) is 7.24. The van der Waals surface area contributed by atoms with E-state index in [1.165, 1.54) is 17.0 Å². The molecule has 34 heavy (non-hydrogen) atoms. The summed E-state index contributed by atoms with van der Waals surface area (Å²) in [5.41, 5.74) is 3.57. The quantitative estimate of drug-likeness (QED) is 0.314. The molecule has 7 nitrogen and oxygen atoms in total. The molecule has 3 rings (SSSR count). The third-order valence-electron chi connectivity index (χ3n) is 6.03. The van der Waals surface area contributed by atoms with E-state index in [1.54, 1.807) is 32.9 Å². The Labute approximate surface area is 200 Å². The molecule has 0 N–H and O–H groups in total. The van der Waals surface area contributed by atoms with Crippen molar-refractivity contribution >= 4 is 17.6 Å². The van der Waals surface area contributed by atoms with Crippen molar-refractivity contribution in [3.05, 3.63) is 86.6 Å². The van der Waals surface area contributed by atoms with Crippen LogP contribution in [0.25, 0.3) is 0 Å². The Morgan fingerprint density at radius 3 is 2.38 bits per heavy atom. The summed E-state index contributed by atoms with van der Waals surface area (Å²) in [4.78, 5) is 38.6. The summed E-state index contributed by atoms with van der Waals surface area (Å²) < 4.78 is 5.55. The summed E-state index contributed by atoms with van der Waals surface area (Å²) >= 11 is 0. The smallest absolute Gasteiger partial charge is 0.336 e. The van der Waals surface area contributed by atoms with Crippen LogP contribution < -0.4 is 0 Å². The van der Waals surface area contributed by atoms with Crippen LogP contribution in [0.4, 0.5) is 5.69 Å². The molecule has 180 valence electrons. The van der Waals surface area contributed by atoms with E-state index in [0.717, 1.165) is 11.1 Å². The fourth-order valence-electron chi connectivity index (χ4n) is 4.20. The van der Waals surface area contributed by atoms with Crippen LogP contribution in [0.2, 0.25) is 0 Å². The van der Waals surface area contributed by atoms with Crippen molar-refractivity contribution in [1.29, 1.82) is 0 Å². The lowest BCUT2D eigenvalue weighted by atomic mass is 9.81. The fraction of sp³-hybridized carbons (Fsp3) is 0.407. The second-order valence-electron chi connectivity index (χ2n) is 9.99. The lowest BCUT2D eigenvalue weighted by Crippen LogP contribution is -2.38. The van der Waals surface area contributed by atoms with Gasteiger partial charge in [-0.3, -0.25) is 14.9 Å². The van der Waals surface area contributed by atoms with Crippen LogP contribution in [0.1, 0.15) is 70.6 Å². The summed E-state index contributed by atoms with van der Waals surface area (Å²) in [6.07, 6.45) is -0.191. The number of nitrogens with zero attached hydrogens (tertiary/aromatic N) is 2. The number of hydrogen-bond acceptors (Lipinski definition) is 5. The monoisotopic (exact) mass is 464 g/mol. The number of ether oxygens (including phenoxy) is 1. The van der Waals surface area contributed by atoms with E-state index in [2.05, 4.69) is 20.8 Å². The molecule has 0 aliphatic carbocycles. The summed E-state index contributed by atoms with van der Waals surface area (Å²) in [5, 5.41) is 11.2. The van der Waals surface area contributed by atoms with Gasteiger partial charge in [-0.2, -0.15) is 0 Å². The first-order valence-electron chi connectivity index (χ1n) is 11.4. The molecule has 0 radical (unpaired) electrons. The summed E-state index contributed by atoms with van der Waals surface area (Å²) in [5.74, 6) is -1.02. The van der Waals surface area contributed by atoms with E-state index >= 15 is 0 Å². The van der Waals surface area contributed by atoms with Gasteiger partial charge in [0.2, 0.25) is 5.91 Å². The topological polar surface area (TPSA) is 89.8 Å². The molecule has 0 fully saturated rings. The van der Waals surface area contributed by atoms with Crippen molar-refractivity contribution in [2.45, 2.75) is 71.9 Å². The molecule has 1 unspecified atom stereocenters. The molecule has 1 aliphatic heterocycles. The molecular formula is C27H32N2O5. The number of benzene rings is 2. The van der Waals surface area contributed by atoms with Gasteiger partial charge in [0.1, 0.15) is 0 Å². The lowest BCUT2D eigenvalue weighted by molar-refractivity contribution is -0.384. The van der Waals surface area contributed by atoms with Crippen LogP contribution in [-0.4, -0.2) is 27.8 Å². The van der Waals surface area contributed by atoms with E-state index < -0.39 is 16.8 Å². The maximum atomic E-state index is 13.2. The van der Waals surface area contributed by atoms with Crippen LogP contribution in [0.15, 0.2) is 59.8 Å². The van der Waals surface area contributed by atoms with Crippen molar-refractivity contribution in [1.82, 2.24) is 4.90 Å². The highest BCUT2D eigenvalue weighted by molar-refractivity contribution is 5.96. The molecule has 1 amide bonds. The van der Waals surface area contributed by atoms with Gasteiger partial charge in [0.05, 0.1) is 23.1 Å². The van der Waals surface area contributed by atoms with Gasteiger partial charge in [0.15, 0.2) is 0 Å². The van der Waals surface area contributed by atoms with Gasteiger partial charge in [0, 0.05) is 30.2 Å². The van der Waals surface area contributed by atoms with Gasteiger partial charge in [0.25, 0.3) is 5.69 Å². The highest BCUT2D eigenvalue weighted by Crippen LogP contribution is 2.38. The minimum atomic E-state index is -0.465. The summed E-state index contributed by atoms with van der Waals surface area (Å²) in [6.45, 7) is 11.8. The molecule has 0 bridgehead atoms. The Bertz CT molecular complexity index is 1130. The maximum Gasteiger partial charge on any atom is 0.336 e. The normalized spacial score (nSPS) is 16.7. The largest absolute Gasteiger partial charge is 0.460 e. The van der Waals surface area contributed by atoms with Gasteiger partial charge in [-0.25, -0.2) is 4.79 Å². The van der Waals surface area contributed by atoms with E-state index in [9.17, 15) is 19.7 Å². The number of non-ortho nitro benzene ring substituents is 1. The molecule has 0 aromatic heterocycles. The molecule has 2 aromatic rings. The average Bonchev–Trinajstić information content (AvgIpc) is 2.75. The summed E-state index contributed by atoms with van der Waals surface area (Å²) in [6, 6.07) is 14.2. The number of rotatable bonds is 6. The average molecular weight is 465 g/mol. The van der Waals surface area contributed by atoms with Crippen LogP contribution in [-0.2, 0) is 26.3 Å².